The lowest BCUT2D eigenvalue weighted by Gasteiger charge is -2.37. The third kappa shape index (κ3) is 4.33. The molecule has 3 N–H and O–H groups in total. The molecule has 21 heavy (non-hydrogen) atoms. The van der Waals surface area contributed by atoms with Crippen LogP contribution in [0.1, 0.15) is 46.0 Å². The minimum absolute atomic E-state index is 0. The second-order valence-electron chi connectivity index (χ2n) is 6.46. The van der Waals surface area contributed by atoms with Gasteiger partial charge >= 0.3 is 0 Å². The van der Waals surface area contributed by atoms with Gasteiger partial charge in [0.2, 0.25) is 11.8 Å². The van der Waals surface area contributed by atoms with Crippen LogP contribution in [0, 0.1) is 11.3 Å². The molecule has 0 spiro atoms. The molecule has 1 aliphatic heterocycles. The van der Waals surface area contributed by atoms with Gasteiger partial charge in [0.25, 0.3) is 0 Å². The molecule has 0 aromatic heterocycles. The molecule has 2 atom stereocenters. The van der Waals surface area contributed by atoms with Gasteiger partial charge < -0.3 is 16.0 Å². The minimum atomic E-state index is -0.216. The predicted octanol–water partition coefficient (Wildman–Crippen LogP) is 1.22. The Morgan fingerprint density at radius 3 is 2.81 bits per heavy atom. The molecule has 1 saturated heterocycles. The van der Waals surface area contributed by atoms with Crippen LogP contribution in [0.15, 0.2) is 0 Å². The number of rotatable bonds is 5. The van der Waals surface area contributed by atoms with Crippen molar-refractivity contribution < 1.29 is 9.59 Å². The lowest BCUT2D eigenvalue weighted by Crippen LogP contribution is -2.48. The monoisotopic (exact) mass is 317 g/mol. The van der Waals surface area contributed by atoms with Crippen molar-refractivity contribution >= 4 is 24.2 Å². The van der Waals surface area contributed by atoms with Crippen LogP contribution < -0.4 is 16.0 Å². The Morgan fingerprint density at radius 2 is 2.10 bits per heavy atom. The maximum Gasteiger partial charge on any atom is 0.227 e. The molecule has 0 bridgehead atoms. The van der Waals surface area contributed by atoms with Crippen LogP contribution >= 0.6 is 12.4 Å². The Labute approximate surface area is 133 Å². The van der Waals surface area contributed by atoms with Gasteiger partial charge in [-0.15, -0.1) is 12.4 Å². The molecule has 2 rings (SSSR count). The van der Waals surface area contributed by atoms with Crippen LogP contribution in [0.2, 0.25) is 0 Å². The molecule has 1 saturated carbocycles. The summed E-state index contributed by atoms with van der Waals surface area (Å²) in [6, 6.07) is 0.151. The van der Waals surface area contributed by atoms with E-state index in [1.165, 1.54) is 6.42 Å². The maximum absolute atomic E-state index is 12.5. The average Bonchev–Trinajstić information content (AvgIpc) is 2.82. The lowest BCUT2D eigenvalue weighted by atomic mass is 9.67. The van der Waals surface area contributed by atoms with Gasteiger partial charge in [0, 0.05) is 25.6 Å². The van der Waals surface area contributed by atoms with Gasteiger partial charge in [-0.2, -0.15) is 0 Å². The summed E-state index contributed by atoms with van der Waals surface area (Å²) in [5.41, 5.74) is -0.216. The van der Waals surface area contributed by atoms with Crippen molar-refractivity contribution in [2.75, 3.05) is 19.6 Å². The van der Waals surface area contributed by atoms with Crippen LogP contribution in [-0.2, 0) is 9.59 Å². The molecule has 0 aromatic carbocycles. The van der Waals surface area contributed by atoms with E-state index in [0.717, 1.165) is 32.4 Å². The Hall–Kier alpha value is -0.810. The molecule has 0 unspecified atom stereocenters. The number of amides is 2. The van der Waals surface area contributed by atoms with Crippen LogP contribution in [0.4, 0.5) is 0 Å². The Kier molecular flexibility index (Phi) is 6.94. The molecule has 1 aliphatic carbocycles. The lowest BCUT2D eigenvalue weighted by molar-refractivity contribution is -0.134. The molecule has 6 heteroatoms. The van der Waals surface area contributed by atoms with E-state index in [0.29, 0.717) is 18.9 Å². The number of carbonyl (C=O) groups is 2. The Bertz CT molecular complexity index is 376. The first-order valence-electron chi connectivity index (χ1n) is 7.83. The number of fused-ring (bicyclic) bond motifs is 1. The third-order valence-electron chi connectivity index (χ3n) is 4.58. The van der Waals surface area contributed by atoms with E-state index in [-0.39, 0.29) is 35.7 Å². The largest absolute Gasteiger partial charge is 0.355 e. The van der Waals surface area contributed by atoms with Gasteiger partial charge in [-0.05, 0) is 39.2 Å². The van der Waals surface area contributed by atoms with Crippen molar-refractivity contribution in [1.29, 1.82) is 0 Å². The quantitative estimate of drug-likeness (QED) is 0.714. The Balaban J connectivity index is 0.00000220. The first-order chi connectivity index (χ1) is 9.54. The summed E-state index contributed by atoms with van der Waals surface area (Å²) in [4.78, 5) is 24.1. The van der Waals surface area contributed by atoms with Crippen LogP contribution in [0.25, 0.3) is 0 Å². The van der Waals surface area contributed by atoms with Crippen LogP contribution in [0.3, 0.4) is 0 Å². The van der Waals surface area contributed by atoms with Crippen LogP contribution in [0.5, 0.6) is 0 Å². The van der Waals surface area contributed by atoms with Crippen molar-refractivity contribution in [2.24, 2.45) is 11.3 Å². The van der Waals surface area contributed by atoms with E-state index in [2.05, 4.69) is 16.0 Å². The standard InChI is InChI=1S/C15H27N3O2.ClH/c1-11(2)18-13(19)6-8-17-14(20)15-7-4-3-5-12(15)9-16-10-15;/h11-12,16H,3-10H2,1-2H3,(H,17,20)(H,18,19);1H/t12-,15+;/m0./s1. The highest BCUT2D eigenvalue weighted by Gasteiger charge is 2.49. The van der Waals surface area contributed by atoms with E-state index in [1.54, 1.807) is 0 Å². The summed E-state index contributed by atoms with van der Waals surface area (Å²) >= 11 is 0. The van der Waals surface area contributed by atoms with Crippen LogP contribution in [-0.4, -0.2) is 37.5 Å². The molecule has 2 aliphatic rings. The van der Waals surface area contributed by atoms with E-state index in [1.807, 2.05) is 13.8 Å². The Morgan fingerprint density at radius 1 is 1.33 bits per heavy atom. The average molecular weight is 318 g/mol. The highest BCUT2D eigenvalue weighted by atomic mass is 35.5. The van der Waals surface area contributed by atoms with E-state index < -0.39 is 0 Å². The van der Waals surface area contributed by atoms with Crippen molar-refractivity contribution in [3.63, 3.8) is 0 Å². The number of nitrogens with one attached hydrogen (secondary N) is 3. The normalized spacial score (nSPS) is 27.7. The zero-order valence-corrected chi connectivity index (χ0v) is 13.9. The molecule has 0 radical (unpaired) electrons. The van der Waals surface area contributed by atoms with Crippen molar-refractivity contribution in [3.05, 3.63) is 0 Å². The fourth-order valence-corrected chi connectivity index (χ4v) is 3.55. The van der Waals surface area contributed by atoms with E-state index in [9.17, 15) is 9.59 Å². The SMILES string of the molecule is CC(C)NC(=O)CCNC(=O)[C@@]12CCCC[C@H]1CNC2.Cl. The van der Waals surface area contributed by atoms with Gasteiger partial charge in [0.05, 0.1) is 5.41 Å². The second-order valence-corrected chi connectivity index (χ2v) is 6.46. The summed E-state index contributed by atoms with van der Waals surface area (Å²) in [5.74, 6) is 0.618. The predicted molar refractivity (Wildman–Crippen MR) is 85.4 cm³/mol. The fourth-order valence-electron chi connectivity index (χ4n) is 3.55. The zero-order chi connectivity index (χ0) is 14.6. The van der Waals surface area contributed by atoms with E-state index >= 15 is 0 Å². The third-order valence-corrected chi connectivity index (χ3v) is 4.58. The fraction of sp³-hybridized carbons (Fsp3) is 0.867. The summed E-state index contributed by atoms with van der Waals surface area (Å²) in [7, 11) is 0. The first-order valence-corrected chi connectivity index (χ1v) is 7.83. The zero-order valence-electron chi connectivity index (χ0n) is 13.0. The number of halogens is 1. The smallest absolute Gasteiger partial charge is 0.227 e. The molecule has 5 nitrogen and oxygen atoms in total. The van der Waals surface area contributed by atoms with Gasteiger partial charge in [-0.1, -0.05) is 12.8 Å². The van der Waals surface area contributed by atoms with Gasteiger partial charge in [-0.25, -0.2) is 0 Å². The topological polar surface area (TPSA) is 70.2 Å². The van der Waals surface area contributed by atoms with Crippen molar-refractivity contribution in [2.45, 2.75) is 52.0 Å². The van der Waals surface area contributed by atoms with E-state index in [4.69, 9.17) is 0 Å². The summed E-state index contributed by atoms with van der Waals surface area (Å²) in [6.45, 7) is 6.06. The second kappa shape index (κ2) is 7.99. The molecular weight excluding hydrogens is 290 g/mol. The highest BCUT2D eigenvalue weighted by Crippen LogP contribution is 2.43. The maximum atomic E-state index is 12.5. The van der Waals surface area contributed by atoms with Crippen molar-refractivity contribution in [1.82, 2.24) is 16.0 Å². The van der Waals surface area contributed by atoms with Gasteiger partial charge in [0.1, 0.15) is 0 Å². The summed E-state index contributed by atoms with van der Waals surface area (Å²) in [6.07, 6.45) is 4.86. The summed E-state index contributed by atoms with van der Waals surface area (Å²) in [5, 5.41) is 9.19. The molecule has 0 aromatic rings. The van der Waals surface area contributed by atoms with Crippen molar-refractivity contribution in [3.8, 4) is 0 Å². The number of hydrogen-bond donors (Lipinski definition) is 3. The van der Waals surface area contributed by atoms with Gasteiger partial charge in [0.15, 0.2) is 0 Å². The summed E-state index contributed by atoms with van der Waals surface area (Å²) < 4.78 is 0. The molecule has 2 amide bonds. The minimum Gasteiger partial charge on any atom is -0.355 e. The highest BCUT2D eigenvalue weighted by molar-refractivity contribution is 5.85. The first kappa shape index (κ1) is 18.2. The molecule has 1 heterocycles. The molecule has 2 fully saturated rings. The number of hydrogen-bond acceptors (Lipinski definition) is 3. The molecule has 122 valence electrons. The number of carbonyl (C=O) groups excluding carboxylic acids is 2. The van der Waals surface area contributed by atoms with Gasteiger partial charge in [-0.3, -0.25) is 9.59 Å². The molecular formula is C15H28ClN3O2.